The fourth-order valence-electron chi connectivity index (χ4n) is 3.59. The Balaban J connectivity index is 1.61. The maximum Gasteiger partial charge on any atom is 0.247 e. The van der Waals surface area contributed by atoms with E-state index in [-0.39, 0.29) is 24.3 Å². The van der Waals surface area contributed by atoms with E-state index in [0.29, 0.717) is 17.0 Å². The van der Waals surface area contributed by atoms with Gasteiger partial charge in [0.2, 0.25) is 17.7 Å². The maximum atomic E-state index is 14.9. The molecule has 0 bridgehead atoms. The van der Waals surface area contributed by atoms with Crippen LogP contribution in [-0.2, 0) is 11.3 Å². The lowest BCUT2D eigenvalue weighted by Gasteiger charge is -2.30. The topological polar surface area (TPSA) is 71.3 Å². The van der Waals surface area contributed by atoms with Gasteiger partial charge in [0, 0.05) is 29.7 Å². The zero-order valence-electron chi connectivity index (χ0n) is 16.3. The number of para-hydroxylation sites is 1. The average molecular weight is 394 g/mol. The second-order valence-electron chi connectivity index (χ2n) is 7.22. The van der Waals surface area contributed by atoms with Gasteiger partial charge < -0.3 is 14.6 Å². The van der Waals surface area contributed by atoms with E-state index in [9.17, 15) is 9.18 Å². The molecule has 2 heterocycles. The molecule has 1 amide bonds. The lowest BCUT2D eigenvalue weighted by Crippen LogP contribution is -2.41. The van der Waals surface area contributed by atoms with Gasteiger partial charge in [-0.05, 0) is 50.2 Å². The quantitative estimate of drug-likeness (QED) is 0.714. The summed E-state index contributed by atoms with van der Waals surface area (Å²) >= 11 is 0. The summed E-state index contributed by atoms with van der Waals surface area (Å²) in [5, 5.41) is 11.0. The molecule has 1 aliphatic heterocycles. The molecule has 2 aromatic carbocycles. The number of nitrogens with zero attached hydrogens (tertiary/aromatic N) is 3. The zero-order valence-corrected chi connectivity index (χ0v) is 16.3. The summed E-state index contributed by atoms with van der Waals surface area (Å²) in [7, 11) is 0. The van der Waals surface area contributed by atoms with Crippen molar-refractivity contribution in [2.24, 2.45) is 5.92 Å². The molecule has 0 saturated carbocycles. The highest BCUT2D eigenvalue weighted by Crippen LogP contribution is 2.26. The van der Waals surface area contributed by atoms with Crippen LogP contribution < -0.4 is 10.2 Å². The minimum Gasteiger partial charge on any atom is -0.421 e. The molecule has 29 heavy (non-hydrogen) atoms. The first kappa shape index (κ1) is 19.3. The van der Waals surface area contributed by atoms with Gasteiger partial charge in [-0.25, -0.2) is 4.39 Å². The van der Waals surface area contributed by atoms with E-state index in [2.05, 4.69) is 15.5 Å². The number of halogens is 1. The number of piperidine rings is 1. The Labute approximate surface area is 168 Å². The van der Waals surface area contributed by atoms with Crippen LogP contribution in [0, 0.1) is 18.7 Å². The van der Waals surface area contributed by atoms with Crippen molar-refractivity contribution in [2.75, 3.05) is 18.0 Å². The molecule has 1 saturated heterocycles. The van der Waals surface area contributed by atoms with Gasteiger partial charge in [-0.3, -0.25) is 4.79 Å². The highest BCUT2D eigenvalue weighted by Gasteiger charge is 2.27. The molecule has 1 aliphatic rings. The van der Waals surface area contributed by atoms with Gasteiger partial charge in [0.25, 0.3) is 0 Å². The largest absolute Gasteiger partial charge is 0.421 e. The number of hydrogen-bond acceptors (Lipinski definition) is 5. The molecule has 7 heteroatoms. The highest BCUT2D eigenvalue weighted by molar-refractivity contribution is 5.95. The minimum absolute atomic E-state index is 0.0358. The first-order valence-corrected chi connectivity index (χ1v) is 9.78. The summed E-state index contributed by atoms with van der Waals surface area (Å²) in [5.41, 5.74) is 1.73. The number of carbonyl (C=O) groups is 1. The fraction of sp³-hybridized carbons (Fsp3) is 0.318. The third-order valence-corrected chi connectivity index (χ3v) is 5.18. The van der Waals surface area contributed by atoms with Crippen molar-refractivity contribution in [1.82, 2.24) is 15.5 Å². The van der Waals surface area contributed by atoms with Gasteiger partial charge in [0.15, 0.2) is 0 Å². The number of anilines is 1. The Bertz CT molecular complexity index is 983. The Morgan fingerprint density at radius 1 is 1.17 bits per heavy atom. The third-order valence-electron chi connectivity index (χ3n) is 5.18. The number of aromatic nitrogens is 2. The standard InChI is InChI=1S/C22H23FN4O2/c1-15-25-26-21(29-15)17-7-8-18(20(23)13-17)14-27(19-5-3-2-4-6-19)22(28)16-9-11-24-12-10-16/h2-8,13,16,24H,9-12,14H2,1H3. The first-order chi connectivity index (χ1) is 14.1. The summed E-state index contributed by atoms with van der Waals surface area (Å²) < 4.78 is 20.3. The van der Waals surface area contributed by atoms with E-state index in [1.807, 2.05) is 30.3 Å². The zero-order chi connectivity index (χ0) is 20.2. The Morgan fingerprint density at radius 2 is 1.93 bits per heavy atom. The van der Waals surface area contributed by atoms with E-state index in [1.54, 1.807) is 24.0 Å². The number of rotatable bonds is 5. The van der Waals surface area contributed by atoms with Gasteiger partial charge in [-0.2, -0.15) is 0 Å². The summed E-state index contributed by atoms with van der Waals surface area (Å²) in [5.74, 6) is 0.275. The monoisotopic (exact) mass is 394 g/mol. The van der Waals surface area contributed by atoms with Crippen molar-refractivity contribution in [3.05, 3.63) is 65.8 Å². The van der Waals surface area contributed by atoms with E-state index in [1.165, 1.54) is 6.07 Å². The van der Waals surface area contributed by atoms with Crippen molar-refractivity contribution >= 4 is 11.6 Å². The van der Waals surface area contributed by atoms with Crippen LogP contribution in [0.25, 0.3) is 11.5 Å². The lowest BCUT2D eigenvalue weighted by molar-refractivity contribution is -0.123. The molecular weight excluding hydrogens is 371 g/mol. The molecule has 1 fully saturated rings. The second-order valence-corrected chi connectivity index (χ2v) is 7.22. The van der Waals surface area contributed by atoms with Crippen LogP contribution in [0.15, 0.2) is 52.9 Å². The van der Waals surface area contributed by atoms with Gasteiger partial charge in [0.05, 0.1) is 6.54 Å². The molecule has 0 spiro atoms. The van der Waals surface area contributed by atoms with Crippen molar-refractivity contribution in [3.8, 4) is 11.5 Å². The second kappa shape index (κ2) is 8.53. The van der Waals surface area contributed by atoms with E-state index >= 15 is 0 Å². The molecule has 1 aromatic heterocycles. The molecule has 4 rings (SSSR count). The molecule has 0 radical (unpaired) electrons. The molecule has 0 atom stereocenters. The Kier molecular flexibility index (Phi) is 5.67. The van der Waals surface area contributed by atoms with Crippen molar-refractivity contribution < 1.29 is 13.6 Å². The lowest BCUT2D eigenvalue weighted by atomic mass is 9.96. The number of amides is 1. The molecule has 3 aromatic rings. The molecule has 6 nitrogen and oxygen atoms in total. The van der Waals surface area contributed by atoms with Crippen LogP contribution in [0.1, 0.15) is 24.3 Å². The van der Waals surface area contributed by atoms with Crippen molar-refractivity contribution in [1.29, 1.82) is 0 Å². The van der Waals surface area contributed by atoms with E-state index in [4.69, 9.17) is 4.42 Å². The average Bonchev–Trinajstić information content (AvgIpc) is 3.20. The van der Waals surface area contributed by atoms with Crippen molar-refractivity contribution in [3.63, 3.8) is 0 Å². The SMILES string of the molecule is Cc1nnc(-c2ccc(CN(C(=O)C3CCNCC3)c3ccccc3)c(F)c2)o1. The summed E-state index contributed by atoms with van der Waals surface area (Å²) in [4.78, 5) is 14.9. The van der Waals surface area contributed by atoms with Crippen LogP contribution in [0.4, 0.5) is 10.1 Å². The normalized spacial score (nSPS) is 14.7. The molecule has 0 unspecified atom stereocenters. The van der Waals surface area contributed by atoms with Crippen LogP contribution in [0.3, 0.4) is 0 Å². The van der Waals surface area contributed by atoms with Gasteiger partial charge in [-0.15, -0.1) is 10.2 Å². The molecule has 150 valence electrons. The van der Waals surface area contributed by atoms with Crippen LogP contribution in [-0.4, -0.2) is 29.2 Å². The molecule has 1 N–H and O–H groups in total. The summed E-state index contributed by atoms with van der Waals surface area (Å²) in [6.07, 6.45) is 1.58. The highest BCUT2D eigenvalue weighted by atomic mass is 19.1. The molecular formula is C22H23FN4O2. The van der Waals surface area contributed by atoms with E-state index in [0.717, 1.165) is 31.6 Å². The van der Waals surface area contributed by atoms with Crippen LogP contribution >= 0.6 is 0 Å². The number of nitrogens with one attached hydrogen (secondary N) is 1. The first-order valence-electron chi connectivity index (χ1n) is 9.78. The number of hydrogen-bond donors (Lipinski definition) is 1. The third kappa shape index (κ3) is 4.35. The van der Waals surface area contributed by atoms with Crippen molar-refractivity contribution in [2.45, 2.75) is 26.3 Å². The maximum absolute atomic E-state index is 14.9. The number of carbonyl (C=O) groups excluding carboxylic acids is 1. The Morgan fingerprint density at radius 3 is 2.59 bits per heavy atom. The van der Waals surface area contributed by atoms with Crippen LogP contribution in [0.5, 0.6) is 0 Å². The van der Waals surface area contributed by atoms with Gasteiger partial charge in [0.1, 0.15) is 5.82 Å². The minimum atomic E-state index is -0.405. The predicted octanol–water partition coefficient (Wildman–Crippen LogP) is 3.72. The predicted molar refractivity (Wildman–Crippen MR) is 108 cm³/mol. The Hall–Kier alpha value is -3.06. The van der Waals surface area contributed by atoms with Crippen LogP contribution in [0.2, 0.25) is 0 Å². The smallest absolute Gasteiger partial charge is 0.247 e. The number of benzene rings is 2. The molecule has 0 aliphatic carbocycles. The summed E-state index contributed by atoms with van der Waals surface area (Å²) in [6.45, 7) is 3.50. The number of aryl methyl sites for hydroxylation is 1. The van der Waals surface area contributed by atoms with Gasteiger partial charge >= 0.3 is 0 Å². The summed E-state index contributed by atoms with van der Waals surface area (Å²) in [6, 6.07) is 14.2. The fourth-order valence-corrected chi connectivity index (χ4v) is 3.59. The van der Waals surface area contributed by atoms with Gasteiger partial charge in [-0.1, -0.05) is 24.3 Å². The van der Waals surface area contributed by atoms with E-state index < -0.39 is 5.82 Å².